The highest BCUT2D eigenvalue weighted by molar-refractivity contribution is 5.80. The molecule has 9 nitrogen and oxygen atoms in total. The van der Waals surface area contributed by atoms with Gasteiger partial charge in [-0.05, 0) is 27.7 Å². The van der Waals surface area contributed by atoms with Gasteiger partial charge in [-0.1, -0.05) is 13.8 Å². The summed E-state index contributed by atoms with van der Waals surface area (Å²) in [4.78, 5) is 44.6. The molecule has 0 bridgehead atoms. The fraction of sp³-hybridized carbons (Fsp3) is 0.846. The van der Waals surface area contributed by atoms with Crippen LogP contribution in [-0.2, 0) is 19.3 Å². The Kier molecular flexibility index (Phi) is 4.71. The van der Waals surface area contributed by atoms with Gasteiger partial charge in [0.15, 0.2) is 0 Å². The van der Waals surface area contributed by atoms with E-state index in [1.807, 2.05) is 0 Å². The molecule has 1 rings (SSSR count). The lowest BCUT2D eigenvalue weighted by Crippen LogP contribution is -2.53. The highest BCUT2D eigenvalue weighted by Gasteiger charge is 2.64. The summed E-state index contributed by atoms with van der Waals surface area (Å²) in [7, 11) is 0. The van der Waals surface area contributed by atoms with Gasteiger partial charge in [-0.15, -0.1) is 15.2 Å². The molecule has 126 valence electrons. The zero-order chi connectivity index (χ0) is 17.5. The van der Waals surface area contributed by atoms with E-state index in [9.17, 15) is 19.7 Å². The molecule has 1 saturated heterocycles. The number of hydrogen-bond donors (Lipinski definition) is 1. The first-order valence-corrected chi connectivity index (χ1v) is 6.96. The van der Waals surface area contributed by atoms with E-state index in [4.69, 9.17) is 15.4 Å². The Morgan fingerprint density at radius 1 is 1.23 bits per heavy atom. The van der Waals surface area contributed by atoms with Crippen LogP contribution in [0.25, 0.3) is 0 Å². The normalized spacial score (nSPS) is 26.7. The first kappa shape index (κ1) is 18.1. The van der Waals surface area contributed by atoms with Gasteiger partial charge in [0.05, 0.1) is 22.9 Å². The van der Waals surface area contributed by atoms with Crippen LogP contribution < -0.4 is 5.73 Å². The number of primary amides is 1. The number of nitrogens with two attached hydrogens (primary N) is 1. The third kappa shape index (κ3) is 2.99. The number of nitrogens with zero attached hydrogens (tertiary/aromatic N) is 2. The molecule has 1 amide bonds. The Bertz CT molecular complexity index is 488. The van der Waals surface area contributed by atoms with Crippen molar-refractivity contribution in [2.45, 2.75) is 58.7 Å². The van der Waals surface area contributed by atoms with E-state index in [0.29, 0.717) is 0 Å². The van der Waals surface area contributed by atoms with E-state index >= 15 is 0 Å². The average molecular weight is 317 g/mol. The largest absolute Gasteiger partial charge is 0.369 e. The molecule has 0 aromatic heterocycles. The van der Waals surface area contributed by atoms with Gasteiger partial charge in [-0.3, -0.25) is 9.59 Å². The molecule has 1 fully saturated rings. The molecule has 0 radical (unpaired) electrons. The monoisotopic (exact) mass is 317 g/mol. The zero-order valence-corrected chi connectivity index (χ0v) is 13.7. The van der Waals surface area contributed by atoms with Crippen LogP contribution in [0.15, 0.2) is 0 Å². The minimum absolute atomic E-state index is 0.394. The Morgan fingerprint density at radius 3 is 2.09 bits per heavy atom. The molecule has 0 aromatic rings. The van der Waals surface area contributed by atoms with Crippen LogP contribution in [-0.4, -0.2) is 39.2 Å². The van der Waals surface area contributed by atoms with E-state index in [1.165, 1.54) is 5.06 Å². The van der Waals surface area contributed by atoms with Gasteiger partial charge in [-0.25, -0.2) is 0 Å². The number of rotatable bonds is 5. The zero-order valence-electron chi connectivity index (χ0n) is 13.7. The number of carbonyl (C=O) groups excluding carboxylic acids is 2. The molecule has 0 spiro atoms. The highest BCUT2D eigenvalue weighted by Crippen LogP contribution is 2.47. The predicted octanol–water partition coefficient (Wildman–Crippen LogP) is 0.652. The van der Waals surface area contributed by atoms with Crippen LogP contribution >= 0.6 is 0 Å². The Balaban J connectivity index is 3.29. The van der Waals surface area contributed by atoms with Gasteiger partial charge in [0.1, 0.15) is 6.10 Å². The average Bonchev–Trinajstić information content (AvgIpc) is 2.45. The Morgan fingerprint density at radius 2 is 1.73 bits per heavy atom. The number of carbonyl (C=O) groups is 2. The summed E-state index contributed by atoms with van der Waals surface area (Å²) < 4.78 is 0. The van der Waals surface area contributed by atoms with Gasteiger partial charge in [-0.2, -0.15) is 0 Å². The summed E-state index contributed by atoms with van der Waals surface area (Å²) in [6.45, 7) is 9.77. The van der Waals surface area contributed by atoms with Gasteiger partial charge < -0.3 is 15.4 Å². The lowest BCUT2D eigenvalue weighted by atomic mass is 9.84. The molecule has 2 atom stereocenters. The molecule has 0 aliphatic carbocycles. The quantitative estimate of drug-likeness (QED) is 0.583. The van der Waals surface area contributed by atoms with Crippen molar-refractivity contribution in [3.63, 3.8) is 0 Å². The van der Waals surface area contributed by atoms with Crippen molar-refractivity contribution in [3.8, 4) is 0 Å². The lowest BCUT2D eigenvalue weighted by Gasteiger charge is -2.38. The Labute approximate surface area is 128 Å². The Hall–Kier alpha value is -1.90. The van der Waals surface area contributed by atoms with Crippen LogP contribution in [0.1, 0.15) is 41.5 Å². The first-order chi connectivity index (χ1) is 9.83. The SMILES string of the molecule is CC(C)C(=O)ON1C(C)(C)C(O[N+](=O)[O-])C(C(N)=O)C1(C)C. The second kappa shape index (κ2) is 5.71. The first-order valence-electron chi connectivity index (χ1n) is 6.96. The summed E-state index contributed by atoms with van der Waals surface area (Å²) >= 11 is 0. The van der Waals surface area contributed by atoms with Crippen molar-refractivity contribution in [1.29, 1.82) is 0 Å². The van der Waals surface area contributed by atoms with E-state index in [1.54, 1.807) is 41.5 Å². The smallest absolute Gasteiger partial charge is 0.327 e. The maximum atomic E-state index is 11.9. The van der Waals surface area contributed by atoms with E-state index in [2.05, 4.69) is 0 Å². The molecule has 9 heteroatoms. The molecule has 1 aliphatic heterocycles. The highest BCUT2D eigenvalue weighted by atomic mass is 17.0. The molecule has 2 unspecified atom stereocenters. The van der Waals surface area contributed by atoms with Crippen LogP contribution in [0.3, 0.4) is 0 Å². The maximum Gasteiger partial charge on any atom is 0.327 e. The van der Waals surface area contributed by atoms with Crippen molar-refractivity contribution in [2.75, 3.05) is 0 Å². The number of amides is 1. The van der Waals surface area contributed by atoms with Gasteiger partial charge in [0, 0.05) is 0 Å². The van der Waals surface area contributed by atoms with Gasteiger partial charge in [0.25, 0.3) is 5.09 Å². The summed E-state index contributed by atoms with van der Waals surface area (Å²) in [6, 6.07) is 0. The fourth-order valence-electron chi connectivity index (χ4n) is 2.97. The predicted molar refractivity (Wildman–Crippen MR) is 75.5 cm³/mol. The third-order valence-corrected chi connectivity index (χ3v) is 3.97. The van der Waals surface area contributed by atoms with Crippen LogP contribution in [0.4, 0.5) is 0 Å². The molecule has 1 aliphatic rings. The third-order valence-electron chi connectivity index (χ3n) is 3.97. The molecule has 1 heterocycles. The van der Waals surface area contributed by atoms with Gasteiger partial charge in [0.2, 0.25) is 5.91 Å². The second-order valence-corrected chi connectivity index (χ2v) is 6.80. The minimum Gasteiger partial charge on any atom is -0.369 e. The number of hydrogen-bond acceptors (Lipinski definition) is 7. The van der Waals surface area contributed by atoms with Crippen molar-refractivity contribution < 1.29 is 24.4 Å². The standard InChI is InChI=1S/C13H23N3O6/c1-7(2)11(18)22-15-12(3,4)8(10(14)17)9(13(15,5)6)21-16(19)20/h7-9H,1-6H3,(H2,14,17). The fourth-order valence-corrected chi connectivity index (χ4v) is 2.97. The van der Waals surface area contributed by atoms with Crippen LogP contribution in [0, 0.1) is 22.0 Å². The molecule has 22 heavy (non-hydrogen) atoms. The lowest BCUT2D eigenvalue weighted by molar-refractivity contribution is -0.771. The van der Waals surface area contributed by atoms with Crippen LogP contribution in [0.2, 0.25) is 0 Å². The summed E-state index contributed by atoms with van der Waals surface area (Å²) in [5.74, 6) is -2.68. The molecule has 2 N–H and O–H groups in total. The van der Waals surface area contributed by atoms with E-state index in [0.717, 1.165) is 0 Å². The molecular weight excluding hydrogens is 294 g/mol. The summed E-state index contributed by atoms with van der Waals surface area (Å²) in [6.07, 6.45) is -1.16. The van der Waals surface area contributed by atoms with E-state index < -0.39 is 46.0 Å². The summed E-state index contributed by atoms with van der Waals surface area (Å²) in [5.41, 5.74) is 3.24. The molecule has 0 aromatic carbocycles. The van der Waals surface area contributed by atoms with Crippen molar-refractivity contribution in [2.24, 2.45) is 17.6 Å². The number of hydroxylamine groups is 2. The van der Waals surface area contributed by atoms with Crippen molar-refractivity contribution in [3.05, 3.63) is 10.1 Å². The molecule has 0 saturated carbocycles. The maximum absolute atomic E-state index is 11.9. The topological polar surface area (TPSA) is 125 Å². The van der Waals surface area contributed by atoms with Crippen molar-refractivity contribution in [1.82, 2.24) is 5.06 Å². The van der Waals surface area contributed by atoms with Gasteiger partial charge >= 0.3 is 5.97 Å². The molecular formula is C13H23N3O6. The summed E-state index contributed by atoms with van der Waals surface area (Å²) in [5, 5.41) is 11.1. The minimum atomic E-state index is -1.16. The van der Waals surface area contributed by atoms with Crippen molar-refractivity contribution >= 4 is 11.9 Å². The van der Waals surface area contributed by atoms with Crippen LogP contribution in [0.5, 0.6) is 0 Å². The van der Waals surface area contributed by atoms with E-state index in [-0.39, 0.29) is 0 Å². The second-order valence-electron chi connectivity index (χ2n) is 6.80.